The number of hydrogen-bond acceptors (Lipinski definition) is 4. The third-order valence-electron chi connectivity index (χ3n) is 2.12. The van der Waals surface area contributed by atoms with E-state index in [1.807, 2.05) is 6.92 Å². The average molecular weight is 234 g/mol. The molecule has 5 nitrogen and oxygen atoms in total. The molecule has 1 unspecified atom stereocenters. The minimum Gasteiger partial charge on any atom is -0.492 e. The van der Waals surface area contributed by atoms with Crippen molar-refractivity contribution < 1.29 is 9.66 Å². The number of nitrogens with zero attached hydrogens (tertiary/aromatic N) is 1. The third kappa shape index (κ3) is 4.53. The third-order valence-corrected chi connectivity index (χ3v) is 2.12. The quantitative estimate of drug-likeness (QED) is 0.351. The van der Waals surface area contributed by atoms with E-state index in [1.165, 1.54) is 12.1 Å². The molecule has 0 aliphatic carbocycles. The first-order valence-electron chi connectivity index (χ1n) is 5.20. The van der Waals surface area contributed by atoms with Gasteiger partial charge in [-0.2, -0.15) is 0 Å². The van der Waals surface area contributed by atoms with Gasteiger partial charge < -0.3 is 10.1 Å². The lowest BCUT2D eigenvalue weighted by Crippen LogP contribution is -2.28. The molecule has 0 amide bonds. The molecule has 5 heteroatoms. The molecule has 1 N–H and O–H groups in total. The Balaban J connectivity index is 2.33. The lowest BCUT2D eigenvalue weighted by molar-refractivity contribution is -0.384. The Bertz CT molecular complexity index is 409. The standard InChI is InChI=1S/C12H14N2O3/c1-3-10(2)13-8-9-17-12-6-4-11(5-7-12)14(15)16/h1,4-7,10,13H,8-9H2,2H3. The highest BCUT2D eigenvalue weighted by Gasteiger charge is 2.04. The zero-order chi connectivity index (χ0) is 12.7. The molecule has 0 radical (unpaired) electrons. The molecule has 1 atom stereocenters. The molecule has 0 saturated carbocycles. The summed E-state index contributed by atoms with van der Waals surface area (Å²) in [7, 11) is 0. The zero-order valence-corrected chi connectivity index (χ0v) is 9.55. The molecule has 17 heavy (non-hydrogen) atoms. The highest BCUT2D eigenvalue weighted by atomic mass is 16.6. The Kier molecular flexibility index (Phi) is 4.98. The van der Waals surface area contributed by atoms with Gasteiger partial charge in [0.15, 0.2) is 0 Å². The predicted molar refractivity (Wildman–Crippen MR) is 64.9 cm³/mol. The number of benzene rings is 1. The number of rotatable bonds is 6. The molecule has 0 aliphatic rings. The van der Waals surface area contributed by atoms with E-state index < -0.39 is 4.92 Å². The first-order valence-corrected chi connectivity index (χ1v) is 5.20. The monoisotopic (exact) mass is 234 g/mol. The molecule has 0 fully saturated rings. The Morgan fingerprint density at radius 1 is 1.53 bits per heavy atom. The van der Waals surface area contributed by atoms with Crippen LogP contribution in [-0.2, 0) is 0 Å². The van der Waals surface area contributed by atoms with Gasteiger partial charge in [-0.25, -0.2) is 0 Å². The number of terminal acetylenes is 1. The van der Waals surface area contributed by atoms with Crippen molar-refractivity contribution in [1.29, 1.82) is 0 Å². The summed E-state index contributed by atoms with van der Waals surface area (Å²) >= 11 is 0. The summed E-state index contributed by atoms with van der Waals surface area (Å²) in [6.07, 6.45) is 5.19. The molecule has 0 bridgehead atoms. The van der Waals surface area contributed by atoms with Crippen LogP contribution < -0.4 is 10.1 Å². The topological polar surface area (TPSA) is 64.4 Å². The lowest BCUT2D eigenvalue weighted by atomic mass is 10.3. The SMILES string of the molecule is C#CC(C)NCCOc1ccc([N+](=O)[O-])cc1. The zero-order valence-electron chi connectivity index (χ0n) is 9.55. The summed E-state index contributed by atoms with van der Waals surface area (Å²) in [4.78, 5) is 9.97. The summed E-state index contributed by atoms with van der Waals surface area (Å²) in [6.45, 7) is 2.97. The van der Waals surface area contributed by atoms with Crippen molar-refractivity contribution in [2.24, 2.45) is 0 Å². The van der Waals surface area contributed by atoms with E-state index in [4.69, 9.17) is 11.2 Å². The van der Waals surface area contributed by atoms with Crippen LogP contribution in [-0.4, -0.2) is 24.1 Å². The molecule has 0 saturated heterocycles. The largest absolute Gasteiger partial charge is 0.492 e. The molecular weight excluding hydrogens is 220 g/mol. The molecule has 90 valence electrons. The minimum absolute atomic E-state index is 0.00969. The molecule has 0 spiro atoms. The first kappa shape index (κ1) is 13.0. The Hall–Kier alpha value is -2.06. The highest BCUT2D eigenvalue weighted by molar-refractivity contribution is 5.35. The van der Waals surface area contributed by atoms with Crippen LogP contribution in [0.5, 0.6) is 5.75 Å². The summed E-state index contributed by atoms with van der Waals surface area (Å²) in [5, 5.41) is 13.5. The Morgan fingerprint density at radius 3 is 2.71 bits per heavy atom. The van der Waals surface area contributed by atoms with Crippen molar-refractivity contribution in [3.63, 3.8) is 0 Å². The summed E-state index contributed by atoms with van der Waals surface area (Å²) in [5.74, 6) is 3.14. The number of nitro groups is 1. The normalized spacial score (nSPS) is 11.5. The van der Waals surface area contributed by atoms with Crippen LogP contribution in [0.15, 0.2) is 24.3 Å². The summed E-state index contributed by atoms with van der Waals surface area (Å²) < 4.78 is 5.38. The van der Waals surface area contributed by atoms with Gasteiger partial charge in [0.2, 0.25) is 0 Å². The van der Waals surface area contributed by atoms with Gasteiger partial charge >= 0.3 is 0 Å². The smallest absolute Gasteiger partial charge is 0.269 e. The van der Waals surface area contributed by atoms with Crippen molar-refractivity contribution in [2.75, 3.05) is 13.2 Å². The second-order valence-corrected chi connectivity index (χ2v) is 3.44. The van der Waals surface area contributed by atoms with Gasteiger partial charge in [-0.3, -0.25) is 10.1 Å². The fraction of sp³-hybridized carbons (Fsp3) is 0.333. The van der Waals surface area contributed by atoms with Crippen LogP contribution >= 0.6 is 0 Å². The number of non-ortho nitro benzene ring substituents is 1. The minimum atomic E-state index is -0.445. The average Bonchev–Trinajstić information content (AvgIpc) is 2.34. The van der Waals surface area contributed by atoms with Crippen molar-refractivity contribution in [1.82, 2.24) is 5.32 Å². The van der Waals surface area contributed by atoms with Gasteiger partial charge in [0.25, 0.3) is 5.69 Å². The van der Waals surface area contributed by atoms with E-state index in [-0.39, 0.29) is 11.7 Å². The maximum Gasteiger partial charge on any atom is 0.269 e. The summed E-state index contributed by atoms with van der Waals surface area (Å²) in [6, 6.07) is 5.97. The molecular formula is C12H14N2O3. The molecule has 0 heterocycles. The van der Waals surface area contributed by atoms with Crippen LogP contribution in [0.25, 0.3) is 0 Å². The van der Waals surface area contributed by atoms with E-state index in [9.17, 15) is 10.1 Å². The van der Waals surface area contributed by atoms with Crippen LogP contribution in [0.3, 0.4) is 0 Å². The maximum atomic E-state index is 10.4. The van der Waals surface area contributed by atoms with E-state index in [1.54, 1.807) is 12.1 Å². The van der Waals surface area contributed by atoms with Crippen molar-refractivity contribution in [2.45, 2.75) is 13.0 Å². The molecule has 1 rings (SSSR count). The van der Waals surface area contributed by atoms with Crippen LogP contribution in [0, 0.1) is 22.5 Å². The first-order chi connectivity index (χ1) is 8.13. The Labute approximate surface area is 99.9 Å². The van der Waals surface area contributed by atoms with Crippen LogP contribution in [0.4, 0.5) is 5.69 Å². The van der Waals surface area contributed by atoms with Gasteiger partial charge in [0.1, 0.15) is 12.4 Å². The molecule has 0 aromatic heterocycles. The van der Waals surface area contributed by atoms with E-state index in [0.29, 0.717) is 18.9 Å². The number of nitro benzene ring substituents is 1. The fourth-order valence-electron chi connectivity index (χ4n) is 1.17. The Morgan fingerprint density at radius 2 is 2.18 bits per heavy atom. The summed E-state index contributed by atoms with van der Waals surface area (Å²) in [5.41, 5.74) is 0.0522. The number of hydrogen-bond donors (Lipinski definition) is 1. The van der Waals surface area contributed by atoms with Gasteiger partial charge in [-0.15, -0.1) is 6.42 Å². The molecule has 1 aromatic carbocycles. The second kappa shape index (κ2) is 6.51. The predicted octanol–water partition coefficient (Wildman–Crippen LogP) is 1.58. The van der Waals surface area contributed by atoms with Crippen molar-refractivity contribution in [3.8, 4) is 18.1 Å². The van der Waals surface area contributed by atoms with Gasteiger partial charge in [0.05, 0.1) is 11.0 Å². The van der Waals surface area contributed by atoms with Crippen molar-refractivity contribution >= 4 is 5.69 Å². The highest BCUT2D eigenvalue weighted by Crippen LogP contribution is 2.16. The maximum absolute atomic E-state index is 10.4. The van der Waals surface area contributed by atoms with Gasteiger partial charge in [-0.05, 0) is 19.1 Å². The van der Waals surface area contributed by atoms with Crippen molar-refractivity contribution in [3.05, 3.63) is 34.4 Å². The fourth-order valence-corrected chi connectivity index (χ4v) is 1.17. The van der Waals surface area contributed by atoms with E-state index >= 15 is 0 Å². The molecule has 0 aliphatic heterocycles. The van der Waals surface area contributed by atoms with Gasteiger partial charge in [0, 0.05) is 18.7 Å². The van der Waals surface area contributed by atoms with Gasteiger partial charge in [-0.1, -0.05) is 5.92 Å². The van der Waals surface area contributed by atoms with Crippen LogP contribution in [0.2, 0.25) is 0 Å². The second-order valence-electron chi connectivity index (χ2n) is 3.44. The van der Waals surface area contributed by atoms with E-state index in [0.717, 1.165) is 0 Å². The number of nitrogens with one attached hydrogen (secondary N) is 1. The molecule has 1 aromatic rings. The van der Waals surface area contributed by atoms with Crippen LogP contribution in [0.1, 0.15) is 6.92 Å². The number of ether oxygens (including phenoxy) is 1. The van der Waals surface area contributed by atoms with E-state index in [2.05, 4.69) is 11.2 Å². The lowest BCUT2D eigenvalue weighted by Gasteiger charge is -2.08.